The van der Waals surface area contributed by atoms with Gasteiger partial charge in [-0.1, -0.05) is 13.3 Å². The Morgan fingerprint density at radius 1 is 1.45 bits per heavy atom. The maximum atomic E-state index is 9.87. The van der Waals surface area contributed by atoms with Crippen LogP contribution >= 0.6 is 0 Å². The largest absolute Gasteiger partial charge is 0.450 e. The van der Waals surface area contributed by atoms with Crippen LogP contribution in [0.1, 0.15) is 19.8 Å². The maximum absolute atomic E-state index is 9.87. The Kier molecular flexibility index (Phi) is 14.0. The van der Waals surface area contributed by atoms with E-state index in [1.807, 2.05) is 6.92 Å². The van der Waals surface area contributed by atoms with Crippen LogP contribution in [0.2, 0.25) is 0 Å². The van der Waals surface area contributed by atoms with Gasteiger partial charge in [-0.05, 0) is 6.42 Å². The Hall–Kier alpha value is -0.770. The summed E-state index contributed by atoms with van der Waals surface area (Å²) in [4.78, 5) is 9.87. The van der Waals surface area contributed by atoms with Gasteiger partial charge in [0.05, 0.1) is 6.61 Å². The van der Waals surface area contributed by atoms with Gasteiger partial charge >= 0.3 is 6.09 Å². The molecular weight excluding hydrogens is 146 g/mol. The van der Waals surface area contributed by atoms with Crippen molar-refractivity contribution >= 4 is 6.09 Å². The van der Waals surface area contributed by atoms with Crippen molar-refractivity contribution < 1.29 is 14.3 Å². The van der Waals surface area contributed by atoms with Crippen LogP contribution in [0, 0.1) is 0 Å². The number of nitrogens with two attached hydrogens (primary N) is 1. The fraction of sp³-hybridized carbons (Fsp3) is 0.857. The first-order valence-corrected chi connectivity index (χ1v) is 3.51. The number of unbranched alkanes of at least 4 members (excludes halogenated alkanes) is 1. The van der Waals surface area contributed by atoms with Gasteiger partial charge in [0.1, 0.15) is 0 Å². The zero-order valence-electron chi connectivity index (χ0n) is 7.42. The van der Waals surface area contributed by atoms with Crippen LogP contribution in [-0.4, -0.2) is 26.9 Å². The number of ether oxygens (including phenoxy) is 2. The highest BCUT2D eigenvalue weighted by molar-refractivity contribution is 5.64. The molecule has 0 bridgehead atoms. The molecule has 0 atom stereocenters. The monoisotopic (exact) mass is 163 g/mol. The molecule has 0 aromatic rings. The summed E-state index contributed by atoms with van der Waals surface area (Å²) in [7, 11) is 3.25. The van der Waals surface area contributed by atoms with Gasteiger partial charge in [-0.25, -0.2) is 4.79 Å². The lowest BCUT2D eigenvalue weighted by atomic mass is 10.4. The van der Waals surface area contributed by atoms with E-state index in [9.17, 15) is 4.79 Å². The fourth-order valence-corrected chi connectivity index (χ4v) is 0.317. The molecule has 0 aliphatic carbocycles. The Morgan fingerprint density at radius 3 is 2.18 bits per heavy atom. The van der Waals surface area contributed by atoms with Gasteiger partial charge in [-0.3, -0.25) is 0 Å². The van der Waals surface area contributed by atoms with Crippen molar-refractivity contribution in [1.29, 1.82) is 0 Å². The molecule has 0 heterocycles. The van der Waals surface area contributed by atoms with Crippen molar-refractivity contribution in [2.45, 2.75) is 19.8 Å². The number of carbonyl (C=O) groups excluding carboxylic acids is 1. The third-order valence-electron chi connectivity index (χ3n) is 0.742. The molecule has 0 unspecified atom stereocenters. The van der Waals surface area contributed by atoms with E-state index >= 15 is 0 Å². The zero-order chi connectivity index (χ0) is 9.11. The van der Waals surface area contributed by atoms with Gasteiger partial charge in [-0.2, -0.15) is 0 Å². The smallest absolute Gasteiger partial charge is 0.404 e. The topological polar surface area (TPSA) is 61.5 Å². The minimum absolute atomic E-state index is 0.450. The van der Waals surface area contributed by atoms with E-state index in [2.05, 4.69) is 15.2 Å². The average molecular weight is 163 g/mol. The summed E-state index contributed by atoms with van der Waals surface area (Å²) in [5.41, 5.74) is 4.67. The highest BCUT2D eigenvalue weighted by Crippen LogP contribution is 1.85. The van der Waals surface area contributed by atoms with Gasteiger partial charge in [0.25, 0.3) is 0 Å². The molecule has 1 amide bonds. The van der Waals surface area contributed by atoms with Crippen molar-refractivity contribution in [1.82, 2.24) is 0 Å². The normalized spacial score (nSPS) is 7.91. The molecule has 0 saturated heterocycles. The quantitative estimate of drug-likeness (QED) is 0.635. The van der Waals surface area contributed by atoms with E-state index in [0.717, 1.165) is 12.8 Å². The molecule has 0 fully saturated rings. The van der Waals surface area contributed by atoms with Gasteiger partial charge in [0.15, 0.2) is 0 Å². The van der Waals surface area contributed by atoms with Crippen molar-refractivity contribution in [3.63, 3.8) is 0 Å². The number of primary amides is 1. The molecule has 0 spiro atoms. The summed E-state index contributed by atoms with van der Waals surface area (Å²) >= 11 is 0. The second kappa shape index (κ2) is 12.0. The highest BCUT2D eigenvalue weighted by Gasteiger charge is 1.88. The molecule has 4 nitrogen and oxygen atoms in total. The summed E-state index contributed by atoms with van der Waals surface area (Å²) in [5.74, 6) is 0. The lowest BCUT2D eigenvalue weighted by Crippen LogP contribution is -2.13. The van der Waals surface area contributed by atoms with E-state index in [-0.39, 0.29) is 0 Å². The number of methoxy groups -OCH3 is 1. The number of hydrogen-bond acceptors (Lipinski definition) is 3. The molecule has 4 heteroatoms. The second-order valence-electron chi connectivity index (χ2n) is 1.93. The van der Waals surface area contributed by atoms with Crippen LogP contribution in [-0.2, 0) is 9.47 Å². The third kappa shape index (κ3) is 27.0. The fourth-order valence-electron chi connectivity index (χ4n) is 0.317. The van der Waals surface area contributed by atoms with Gasteiger partial charge in [0.2, 0.25) is 0 Å². The lowest BCUT2D eigenvalue weighted by Gasteiger charge is -1.95. The van der Waals surface area contributed by atoms with Crippen molar-refractivity contribution in [2.75, 3.05) is 20.8 Å². The molecule has 0 aromatic heterocycles. The number of amides is 1. The Balaban J connectivity index is 0. The minimum atomic E-state index is -0.682. The van der Waals surface area contributed by atoms with Gasteiger partial charge < -0.3 is 15.2 Å². The number of carbonyl (C=O) groups is 1. The summed E-state index contributed by atoms with van der Waals surface area (Å²) in [5, 5.41) is 0. The van der Waals surface area contributed by atoms with Gasteiger partial charge in [-0.15, -0.1) is 0 Å². The number of hydrogen-bond donors (Lipinski definition) is 1. The number of rotatable bonds is 3. The zero-order valence-corrected chi connectivity index (χ0v) is 7.42. The first-order chi connectivity index (χ1) is 5.18. The first kappa shape index (κ1) is 12.9. The third-order valence-corrected chi connectivity index (χ3v) is 0.742. The molecule has 0 aliphatic heterocycles. The van der Waals surface area contributed by atoms with E-state index in [0.29, 0.717) is 6.61 Å². The first-order valence-electron chi connectivity index (χ1n) is 3.51. The molecule has 0 saturated carbocycles. The molecule has 0 aliphatic rings. The predicted molar refractivity (Wildman–Crippen MR) is 43.4 cm³/mol. The van der Waals surface area contributed by atoms with Crippen LogP contribution in [0.3, 0.4) is 0 Å². The van der Waals surface area contributed by atoms with Crippen molar-refractivity contribution in [2.24, 2.45) is 5.73 Å². The standard InChI is InChI=1S/C5H11NO2.C2H6O/c1-2-3-4-8-5(6)7;1-3-2/h2-4H2,1H3,(H2,6,7);1-2H3. The van der Waals surface area contributed by atoms with E-state index in [1.165, 1.54) is 0 Å². The second-order valence-corrected chi connectivity index (χ2v) is 1.93. The summed E-state index contributed by atoms with van der Waals surface area (Å²) in [6.45, 7) is 2.47. The summed E-state index contributed by atoms with van der Waals surface area (Å²) in [6.07, 6.45) is 1.23. The average Bonchev–Trinajstić information content (AvgIpc) is 1.89. The highest BCUT2D eigenvalue weighted by atomic mass is 16.5. The minimum Gasteiger partial charge on any atom is -0.450 e. The summed E-state index contributed by atoms with van der Waals surface area (Å²) in [6, 6.07) is 0. The molecule has 0 rings (SSSR count). The van der Waals surface area contributed by atoms with Crippen LogP contribution in [0.4, 0.5) is 4.79 Å². The van der Waals surface area contributed by atoms with Crippen LogP contribution in [0.5, 0.6) is 0 Å². The Bertz CT molecular complexity index is 85.8. The van der Waals surface area contributed by atoms with Gasteiger partial charge in [0, 0.05) is 14.2 Å². The van der Waals surface area contributed by atoms with E-state index in [4.69, 9.17) is 0 Å². The molecular formula is C7H17NO3. The van der Waals surface area contributed by atoms with Crippen molar-refractivity contribution in [3.8, 4) is 0 Å². The van der Waals surface area contributed by atoms with Crippen LogP contribution in [0.25, 0.3) is 0 Å². The SMILES string of the molecule is CCCCOC(N)=O.COC. The van der Waals surface area contributed by atoms with E-state index < -0.39 is 6.09 Å². The maximum Gasteiger partial charge on any atom is 0.404 e. The van der Waals surface area contributed by atoms with Crippen LogP contribution in [0.15, 0.2) is 0 Å². The molecule has 11 heavy (non-hydrogen) atoms. The predicted octanol–water partition coefficient (Wildman–Crippen LogP) is 1.14. The van der Waals surface area contributed by atoms with Crippen LogP contribution < -0.4 is 5.73 Å². The summed E-state index contributed by atoms with van der Waals surface area (Å²) < 4.78 is 8.67. The Morgan fingerprint density at radius 2 is 1.91 bits per heavy atom. The molecule has 68 valence electrons. The van der Waals surface area contributed by atoms with E-state index in [1.54, 1.807) is 14.2 Å². The Labute approximate surface area is 67.7 Å². The molecule has 2 N–H and O–H groups in total. The molecule has 0 radical (unpaired) electrons. The lowest BCUT2D eigenvalue weighted by molar-refractivity contribution is 0.155. The molecule has 0 aromatic carbocycles. The van der Waals surface area contributed by atoms with Crippen molar-refractivity contribution in [3.05, 3.63) is 0 Å².